The Bertz CT molecular complexity index is 1070. The highest BCUT2D eigenvalue weighted by atomic mass is 16.5. The first-order chi connectivity index (χ1) is 17.2. The molecule has 2 aromatic carbocycles. The predicted octanol–water partition coefficient (Wildman–Crippen LogP) is 4.24. The van der Waals surface area contributed by atoms with Crippen molar-refractivity contribution in [3.05, 3.63) is 84.2 Å². The third-order valence-corrected chi connectivity index (χ3v) is 6.69. The van der Waals surface area contributed by atoms with Gasteiger partial charge in [0.25, 0.3) is 0 Å². The van der Waals surface area contributed by atoms with E-state index in [0.29, 0.717) is 25.4 Å². The average Bonchev–Trinajstić information content (AvgIpc) is 3.24. The quantitative estimate of drug-likeness (QED) is 0.448. The topological polar surface area (TPSA) is 63.7 Å². The van der Waals surface area contributed by atoms with Crippen LogP contribution in [-0.2, 0) is 22.5 Å². The minimum atomic E-state index is -0.0309. The van der Waals surface area contributed by atoms with E-state index in [1.165, 1.54) is 12.8 Å². The van der Waals surface area contributed by atoms with Gasteiger partial charge in [-0.1, -0.05) is 48.5 Å². The third kappa shape index (κ3) is 6.68. The van der Waals surface area contributed by atoms with E-state index in [1.807, 2.05) is 60.8 Å². The van der Waals surface area contributed by atoms with Crippen molar-refractivity contribution in [3.8, 4) is 16.9 Å². The predicted molar refractivity (Wildman–Crippen MR) is 136 cm³/mol. The van der Waals surface area contributed by atoms with Crippen molar-refractivity contribution in [1.29, 1.82) is 0 Å². The van der Waals surface area contributed by atoms with Crippen LogP contribution in [0.1, 0.15) is 30.5 Å². The van der Waals surface area contributed by atoms with Gasteiger partial charge >= 0.3 is 0 Å². The summed E-state index contributed by atoms with van der Waals surface area (Å²) in [5.74, 6) is 0.854. The summed E-state index contributed by atoms with van der Waals surface area (Å²) in [6.45, 7) is 4.44. The molecule has 0 saturated carbocycles. The van der Waals surface area contributed by atoms with Crippen molar-refractivity contribution in [2.24, 2.45) is 0 Å². The summed E-state index contributed by atoms with van der Waals surface area (Å²) in [6.07, 6.45) is 6.44. The maximum atomic E-state index is 12.2. The molecule has 2 aliphatic heterocycles. The number of nitrogens with zero attached hydrogens (tertiary/aromatic N) is 2. The second-order valence-corrected chi connectivity index (χ2v) is 9.42. The fraction of sp³-hybridized carbons (Fsp3) is 0.379. The molecule has 2 unspecified atom stereocenters. The zero-order chi connectivity index (χ0) is 23.9. The Morgan fingerprint density at radius 2 is 1.71 bits per heavy atom. The molecule has 2 bridgehead atoms. The van der Waals surface area contributed by atoms with Crippen LogP contribution in [-0.4, -0.2) is 54.2 Å². The molecule has 2 fully saturated rings. The van der Waals surface area contributed by atoms with Crippen LogP contribution in [0.3, 0.4) is 0 Å². The van der Waals surface area contributed by atoms with Gasteiger partial charge in [-0.2, -0.15) is 0 Å². The van der Waals surface area contributed by atoms with Crippen LogP contribution in [0.25, 0.3) is 11.1 Å². The lowest BCUT2D eigenvalue weighted by Gasteiger charge is -2.31. The first-order valence-corrected chi connectivity index (χ1v) is 12.6. The molecule has 6 heteroatoms. The standard InChI is InChI=1S/C29H33N3O3/c33-29(31-18-22-5-2-1-3-6-22)17-25-10-7-24(19-30-25)23-8-11-26(12-9-23)34-16-4-15-32-20-27-13-14-28(21-32)35-27/h1-3,5-12,19,27-28H,4,13-18,20-21H2,(H,31,33). The summed E-state index contributed by atoms with van der Waals surface area (Å²) in [6, 6.07) is 22.0. The average molecular weight is 472 g/mol. The van der Waals surface area contributed by atoms with E-state index in [4.69, 9.17) is 9.47 Å². The minimum Gasteiger partial charge on any atom is -0.494 e. The van der Waals surface area contributed by atoms with Crippen LogP contribution >= 0.6 is 0 Å². The van der Waals surface area contributed by atoms with Crippen molar-refractivity contribution < 1.29 is 14.3 Å². The van der Waals surface area contributed by atoms with Crippen molar-refractivity contribution in [3.63, 3.8) is 0 Å². The Balaban J connectivity index is 1.04. The number of pyridine rings is 1. The lowest BCUT2D eigenvalue weighted by molar-refractivity contribution is -0.120. The first-order valence-electron chi connectivity index (χ1n) is 12.6. The molecule has 6 nitrogen and oxygen atoms in total. The second kappa shape index (κ2) is 11.5. The third-order valence-electron chi connectivity index (χ3n) is 6.69. The van der Waals surface area contributed by atoms with Gasteiger partial charge in [-0.05, 0) is 48.6 Å². The Kier molecular flexibility index (Phi) is 7.71. The first kappa shape index (κ1) is 23.5. The van der Waals surface area contributed by atoms with E-state index in [0.717, 1.165) is 54.2 Å². The molecule has 3 heterocycles. The fourth-order valence-electron chi connectivity index (χ4n) is 4.83. The number of nitrogens with one attached hydrogen (secondary N) is 1. The summed E-state index contributed by atoms with van der Waals surface area (Å²) in [5, 5.41) is 2.94. The summed E-state index contributed by atoms with van der Waals surface area (Å²) < 4.78 is 11.9. The highest BCUT2D eigenvalue weighted by Gasteiger charge is 2.33. The highest BCUT2D eigenvalue weighted by Crippen LogP contribution is 2.26. The van der Waals surface area contributed by atoms with Crippen molar-refractivity contribution in [2.75, 3.05) is 26.2 Å². The molecule has 182 valence electrons. The van der Waals surface area contributed by atoms with Crippen LogP contribution in [0.15, 0.2) is 72.9 Å². The van der Waals surface area contributed by atoms with Crippen molar-refractivity contribution >= 4 is 5.91 Å². The van der Waals surface area contributed by atoms with Gasteiger partial charge in [-0.25, -0.2) is 0 Å². The molecule has 0 spiro atoms. The van der Waals surface area contributed by atoms with E-state index in [9.17, 15) is 4.79 Å². The minimum absolute atomic E-state index is 0.0309. The number of hydrogen-bond acceptors (Lipinski definition) is 5. The summed E-state index contributed by atoms with van der Waals surface area (Å²) in [5.41, 5.74) is 3.94. The molecule has 1 aromatic heterocycles. The van der Waals surface area contributed by atoms with Gasteiger partial charge in [-0.15, -0.1) is 0 Å². The van der Waals surface area contributed by atoms with Crippen LogP contribution in [0.2, 0.25) is 0 Å². The van der Waals surface area contributed by atoms with Crippen molar-refractivity contribution in [2.45, 2.75) is 44.4 Å². The van der Waals surface area contributed by atoms with Gasteiger partial charge in [0, 0.05) is 43.6 Å². The maximum absolute atomic E-state index is 12.2. The normalized spacial score (nSPS) is 19.4. The summed E-state index contributed by atoms with van der Waals surface area (Å²) in [7, 11) is 0. The molecule has 2 aliphatic rings. The molecule has 2 saturated heterocycles. The zero-order valence-corrected chi connectivity index (χ0v) is 20.1. The molecule has 3 aromatic rings. The Labute approximate surface area is 207 Å². The summed E-state index contributed by atoms with van der Waals surface area (Å²) >= 11 is 0. The monoisotopic (exact) mass is 471 g/mol. The van der Waals surface area contributed by atoms with E-state index < -0.39 is 0 Å². The van der Waals surface area contributed by atoms with Crippen LogP contribution in [0.4, 0.5) is 0 Å². The van der Waals surface area contributed by atoms with Gasteiger partial charge < -0.3 is 14.8 Å². The summed E-state index contributed by atoms with van der Waals surface area (Å²) in [4.78, 5) is 19.2. The Morgan fingerprint density at radius 1 is 0.971 bits per heavy atom. The van der Waals surface area contributed by atoms with Gasteiger partial charge in [0.05, 0.1) is 25.2 Å². The number of carbonyl (C=O) groups is 1. The molecule has 35 heavy (non-hydrogen) atoms. The molecule has 2 atom stereocenters. The SMILES string of the molecule is O=C(Cc1ccc(-c2ccc(OCCCN3CC4CCC(C3)O4)cc2)cn1)NCc1ccccc1. The molecule has 1 N–H and O–H groups in total. The van der Waals surface area contributed by atoms with E-state index >= 15 is 0 Å². The largest absolute Gasteiger partial charge is 0.494 e. The number of carbonyl (C=O) groups excluding carboxylic acids is 1. The molecular weight excluding hydrogens is 438 g/mol. The number of aromatic nitrogens is 1. The van der Waals surface area contributed by atoms with E-state index in [1.54, 1.807) is 0 Å². The molecule has 0 radical (unpaired) electrons. The number of hydrogen-bond donors (Lipinski definition) is 1. The lowest BCUT2D eigenvalue weighted by Crippen LogP contribution is -2.43. The van der Waals surface area contributed by atoms with Gasteiger partial charge in [0.2, 0.25) is 5.91 Å². The molecule has 1 amide bonds. The van der Waals surface area contributed by atoms with Gasteiger partial charge in [0.15, 0.2) is 0 Å². The van der Waals surface area contributed by atoms with Crippen LogP contribution < -0.4 is 10.1 Å². The van der Waals surface area contributed by atoms with E-state index in [2.05, 4.69) is 27.3 Å². The number of fused-ring (bicyclic) bond motifs is 2. The van der Waals surface area contributed by atoms with Crippen LogP contribution in [0, 0.1) is 0 Å². The Morgan fingerprint density at radius 3 is 2.43 bits per heavy atom. The highest BCUT2D eigenvalue weighted by molar-refractivity contribution is 5.78. The number of likely N-dealkylation sites (tertiary alicyclic amines) is 1. The number of ether oxygens (including phenoxy) is 2. The van der Waals surface area contributed by atoms with E-state index in [-0.39, 0.29) is 12.3 Å². The Hall–Kier alpha value is -3.22. The maximum Gasteiger partial charge on any atom is 0.226 e. The molecule has 5 rings (SSSR count). The zero-order valence-electron chi connectivity index (χ0n) is 20.1. The number of benzene rings is 2. The number of rotatable bonds is 10. The second-order valence-electron chi connectivity index (χ2n) is 9.42. The van der Waals surface area contributed by atoms with Gasteiger partial charge in [-0.3, -0.25) is 14.7 Å². The smallest absolute Gasteiger partial charge is 0.226 e. The number of morpholine rings is 1. The van der Waals surface area contributed by atoms with Crippen LogP contribution in [0.5, 0.6) is 5.75 Å². The molecule has 0 aliphatic carbocycles. The van der Waals surface area contributed by atoms with Gasteiger partial charge in [0.1, 0.15) is 5.75 Å². The fourth-order valence-corrected chi connectivity index (χ4v) is 4.83. The molecular formula is C29H33N3O3. The van der Waals surface area contributed by atoms with Crippen molar-refractivity contribution in [1.82, 2.24) is 15.2 Å². The lowest BCUT2D eigenvalue weighted by atomic mass is 10.1. The number of amides is 1.